The van der Waals surface area contributed by atoms with Gasteiger partial charge in [0.25, 0.3) is 17.5 Å². The molecule has 2 unspecified atom stereocenters. The number of nitrogens with one attached hydrogen (secondary N) is 5. The van der Waals surface area contributed by atoms with Gasteiger partial charge in [-0.3, -0.25) is 29.3 Å². The van der Waals surface area contributed by atoms with Crippen molar-refractivity contribution in [2.24, 2.45) is 19.8 Å². The molecule has 9 rings (SSSR count). The lowest BCUT2D eigenvalue weighted by molar-refractivity contribution is -0.384. The molecule has 24 heteroatoms. The first-order valence-electron chi connectivity index (χ1n) is 22.6. The third kappa shape index (κ3) is 13.9. The monoisotopic (exact) mass is 1050 g/mol. The molecule has 2 fully saturated rings. The van der Waals surface area contributed by atoms with Gasteiger partial charge in [0.2, 0.25) is 11.8 Å². The molecule has 3 aromatic carbocycles. The van der Waals surface area contributed by atoms with Gasteiger partial charge in [0, 0.05) is 68.9 Å². The number of alkyl carbamates (subject to hydrolysis) is 1. The van der Waals surface area contributed by atoms with Crippen LogP contribution < -0.4 is 37.1 Å². The number of halogens is 4. The maximum atomic E-state index is 13.3. The van der Waals surface area contributed by atoms with Gasteiger partial charge in [-0.2, -0.15) is 0 Å². The van der Waals surface area contributed by atoms with Crippen molar-refractivity contribution in [1.29, 1.82) is 0 Å². The lowest BCUT2D eigenvalue weighted by atomic mass is 10.1. The topological polar surface area (TPSA) is 269 Å². The Hall–Kier alpha value is -7.56. The molecule has 2 aromatic heterocycles. The van der Waals surface area contributed by atoms with E-state index in [1.165, 1.54) is 60.7 Å². The molecule has 73 heavy (non-hydrogen) atoms. The van der Waals surface area contributed by atoms with E-state index in [1.807, 2.05) is 19.4 Å². The fourth-order valence-corrected chi connectivity index (χ4v) is 8.98. The predicted molar refractivity (Wildman–Crippen MR) is 264 cm³/mol. The van der Waals surface area contributed by atoms with Gasteiger partial charge in [-0.15, -0.1) is 0 Å². The smallest absolute Gasteiger partial charge is 0.447 e. The number of aryl methyl sites for hydroxylation is 2. The molecule has 4 heterocycles. The van der Waals surface area contributed by atoms with Gasteiger partial charge in [-0.25, -0.2) is 18.4 Å². The van der Waals surface area contributed by atoms with Gasteiger partial charge in [0.1, 0.15) is 42.0 Å². The molecule has 0 bridgehead atoms. The van der Waals surface area contributed by atoms with Gasteiger partial charge >= 0.3 is 12.2 Å². The zero-order valence-electron chi connectivity index (χ0n) is 38.7. The van der Waals surface area contributed by atoms with E-state index < -0.39 is 28.8 Å². The van der Waals surface area contributed by atoms with E-state index in [2.05, 4.69) is 26.6 Å². The van der Waals surface area contributed by atoms with Crippen LogP contribution in [0.15, 0.2) is 73.1 Å². The Morgan fingerprint density at radius 1 is 0.740 bits per heavy atom. The zero-order chi connectivity index (χ0) is 51.8. The SMILES string of the molecule is C.Cn1cc2c(c1C(=O)Nc1ccc(F)c(Cl)c1)CCC2N.Cn1cc2c(c1C(=O)Nc1ccc(F)c(Cl)c1)CCC2NC(=O)OC[C@@H]1CCC(=O)N1.O=C1CC[C@@H](COC(=O)Oc2ccc([N+](=O)[O-])cc2)N1. The first-order chi connectivity index (χ1) is 34.3. The summed E-state index contributed by atoms with van der Waals surface area (Å²) in [5.41, 5.74) is 11.6. The normalized spacial score (nSPS) is 18.0. The number of rotatable bonds is 11. The number of ether oxygens (including phenoxy) is 3. The quantitative estimate of drug-likeness (QED) is 0.0317. The Labute approximate surface area is 427 Å². The van der Waals surface area contributed by atoms with Crippen molar-refractivity contribution < 1.29 is 56.7 Å². The molecule has 4 atom stereocenters. The fraction of sp³-hybridized carbons (Fsp3) is 0.347. The molecule has 2 aliphatic heterocycles. The van der Waals surface area contributed by atoms with Crippen LogP contribution in [0, 0.1) is 21.7 Å². The number of non-ortho nitro benzene ring substituents is 1. The van der Waals surface area contributed by atoms with Gasteiger partial charge in [-0.1, -0.05) is 30.6 Å². The molecule has 7 N–H and O–H groups in total. The standard InChI is InChI=1S/C21H22ClFN4O4.C15H15ClFN3O.C12H12N2O6.CH4/c1-27-9-14-13(19(27)20(29)25-11-2-5-16(23)15(22)8-11)4-6-17(14)26-21(30)31-10-12-3-7-18(28)24-12;1-20-7-10-9(3-5-13(10)18)14(20)15(21)19-8-2-4-12(17)11(16)6-8;15-11-6-1-8(13-11)7-19-12(16)20-10-4-2-9(3-5-10)14(17)18;/h2,5,8-9,12,17H,3-4,6-7,10H2,1H3,(H,24,28)(H,25,29)(H,26,30);2,4,6-7,13H,3,5,18H2,1H3,(H,19,21);2-5,8H,1,6-7H2,(H,13,15);1H4/t12-,17?;;8-;/m0.0./s1. The second-order valence-corrected chi connectivity index (χ2v) is 18.0. The second kappa shape index (κ2) is 24.2. The number of carbonyl (C=O) groups is 6. The van der Waals surface area contributed by atoms with E-state index in [9.17, 15) is 47.7 Å². The Morgan fingerprint density at radius 2 is 1.23 bits per heavy atom. The van der Waals surface area contributed by atoms with Crippen molar-refractivity contribution in [1.82, 2.24) is 25.1 Å². The van der Waals surface area contributed by atoms with E-state index in [4.69, 9.17) is 43.1 Å². The Morgan fingerprint density at radius 3 is 1.73 bits per heavy atom. The molecule has 5 amide bonds. The number of hydrogen-bond donors (Lipinski definition) is 6. The zero-order valence-corrected chi connectivity index (χ0v) is 40.2. The predicted octanol–water partition coefficient (Wildman–Crippen LogP) is 8.10. The summed E-state index contributed by atoms with van der Waals surface area (Å²) in [5.74, 6) is -1.61. The minimum Gasteiger partial charge on any atom is -0.447 e. The van der Waals surface area contributed by atoms with Crippen LogP contribution in [-0.4, -0.2) is 75.2 Å². The molecule has 5 aromatic rings. The second-order valence-electron chi connectivity index (χ2n) is 17.2. The molecule has 2 aliphatic carbocycles. The highest BCUT2D eigenvalue weighted by atomic mass is 35.5. The summed E-state index contributed by atoms with van der Waals surface area (Å²) in [7, 11) is 3.57. The molecular formula is C49H53Cl2F2N9O11. The first-order valence-corrected chi connectivity index (χ1v) is 23.3. The van der Waals surface area contributed by atoms with Crippen LogP contribution in [0.4, 0.5) is 35.4 Å². The van der Waals surface area contributed by atoms with Gasteiger partial charge in [-0.05, 0) is 109 Å². The summed E-state index contributed by atoms with van der Waals surface area (Å²) >= 11 is 11.5. The van der Waals surface area contributed by atoms with Crippen molar-refractivity contribution in [3.05, 3.63) is 138 Å². The van der Waals surface area contributed by atoms with E-state index in [1.54, 1.807) is 16.2 Å². The largest absolute Gasteiger partial charge is 0.513 e. The van der Waals surface area contributed by atoms with Crippen molar-refractivity contribution in [2.45, 2.75) is 83.0 Å². The lowest BCUT2D eigenvalue weighted by Crippen LogP contribution is -2.34. The number of nitrogens with two attached hydrogens (primary N) is 1. The average Bonchev–Trinajstić information content (AvgIpc) is 4.21. The Balaban J connectivity index is 0.000000184. The molecule has 4 aliphatic rings. The summed E-state index contributed by atoms with van der Waals surface area (Å²) in [6.45, 7) is 0.164. The van der Waals surface area contributed by atoms with Crippen LogP contribution in [0.25, 0.3) is 0 Å². The summed E-state index contributed by atoms with van der Waals surface area (Å²) in [4.78, 5) is 80.9. The molecular weight excluding hydrogens is 999 g/mol. The summed E-state index contributed by atoms with van der Waals surface area (Å²) < 4.78 is 44.9. The van der Waals surface area contributed by atoms with Crippen LogP contribution in [0.2, 0.25) is 10.0 Å². The molecule has 0 spiro atoms. The number of nitro benzene ring substituents is 1. The average molecular weight is 1050 g/mol. The fourth-order valence-electron chi connectivity index (χ4n) is 8.61. The Bertz CT molecular complexity index is 2910. The number of fused-ring (bicyclic) bond motifs is 2. The summed E-state index contributed by atoms with van der Waals surface area (Å²) in [6, 6.07) is 12.5. The van der Waals surface area contributed by atoms with E-state index in [-0.39, 0.29) is 89.9 Å². The lowest BCUT2D eigenvalue weighted by Gasteiger charge is -2.15. The van der Waals surface area contributed by atoms with Crippen LogP contribution in [0.3, 0.4) is 0 Å². The van der Waals surface area contributed by atoms with Crippen LogP contribution >= 0.6 is 23.2 Å². The number of amides is 5. The third-order valence-corrected chi connectivity index (χ3v) is 12.7. The molecule has 2 saturated heterocycles. The van der Waals surface area contributed by atoms with Crippen molar-refractivity contribution in [3.63, 3.8) is 0 Å². The Kier molecular flexibility index (Phi) is 18.2. The van der Waals surface area contributed by atoms with E-state index in [0.717, 1.165) is 35.1 Å². The molecule has 0 radical (unpaired) electrons. The minimum atomic E-state index is -0.917. The van der Waals surface area contributed by atoms with Crippen LogP contribution in [-0.2, 0) is 46.0 Å². The summed E-state index contributed by atoms with van der Waals surface area (Å²) in [6.07, 6.45) is 7.28. The maximum absolute atomic E-state index is 13.3. The number of anilines is 2. The number of hydrogen-bond acceptors (Lipinski definition) is 12. The number of carbonyl (C=O) groups excluding carboxylic acids is 6. The summed E-state index contributed by atoms with van der Waals surface area (Å²) in [5, 5.41) is 24.1. The highest BCUT2D eigenvalue weighted by Gasteiger charge is 2.33. The van der Waals surface area contributed by atoms with Crippen molar-refractivity contribution in [3.8, 4) is 5.75 Å². The first kappa shape index (κ1) is 54.8. The van der Waals surface area contributed by atoms with E-state index in [0.29, 0.717) is 61.3 Å². The number of nitrogens with zero attached hydrogens (tertiary/aromatic N) is 3. The van der Waals surface area contributed by atoms with Crippen LogP contribution in [0.1, 0.15) is 101 Å². The highest BCUT2D eigenvalue weighted by Crippen LogP contribution is 2.36. The van der Waals surface area contributed by atoms with Crippen molar-refractivity contribution >= 4 is 76.1 Å². The minimum absolute atomic E-state index is 0. The third-order valence-electron chi connectivity index (χ3n) is 12.1. The van der Waals surface area contributed by atoms with Crippen LogP contribution in [0.5, 0.6) is 5.75 Å². The molecule has 388 valence electrons. The highest BCUT2D eigenvalue weighted by molar-refractivity contribution is 6.31. The van der Waals surface area contributed by atoms with Gasteiger partial charge < -0.3 is 55.7 Å². The van der Waals surface area contributed by atoms with Gasteiger partial charge in [0.15, 0.2) is 0 Å². The molecule has 0 saturated carbocycles. The number of aromatic nitrogens is 2. The number of benzene rings is 3. The maximum Gasteiger partial charge on any atom is 0.513 e. The number of nitro groups is 1. The van der Waals surface area contributed by atoms with Crippen molar-refractivity contribution in [2.75, 3.05) is 23.8 Å². The molecule has 20 nitrogen and oxygen atoms in total. The van der Waals surface area contributed by atoms with E-state index >= 15 is 0 Å². The van der Waals surface area contributed by atoms with Gasteiger partial charge in [0.05, 0.1) is 33.1 Å².